The molecular weight excluding hydrogens is 324 g/mol. The van der Waals surface area contributed by atoms with Crippen LogP contribution in [0.25, 0.3) is 22.7 Å². The topological polar surface area (TPSA) is 129 Å². The number of aliphatic hydroxyl groups excluding tert-OH is 1. The zero-order chi connectivity index (χ0) is 18.0. The van der Waals surface area contributed by atoms with Crippen LogP contribution in [0.5, 0.6) is 0 Å². The van der Waals surface area contributed by atoms with Gasteiger partial charge in [0.15, 0.2) is 11.1 Å². The minimum Gasteiger partial charge on any atom is -0.511 e. The molecule has 8 heteroatoms. The molecule has 8 nitrogen and oxygen atoms in total. The predicted octanol–water partition coefficient (Wildman–Crippen LogP) is 0.878. The Labute approximate surface area is 140 Å². The second-order valence-corrected chi connectivity index (χ2v) is 5.30. The van der Waals surface area contributed by atoms with Crippen LogP contribution in [0.2, 0.25) is 0 Å². The Balaban J connectivity index is 2.26. The van der Waals surface area contributed by atoms with Gasteiger partial charge in [0.25, 0.3) is 0 Å². The van der Waals surface area contributed by atoms with Crippen LogP contribution >= 0.6 is 0 Å². The van der Waals surface area contributed by atoms with Gasteiger partial charge in [-0.25, -0.2) is 9.50 Å². The van der Waals surface area contributed by atoms with Gasteiger partial charge in [0, 0.05) is 18.1 Å². The van der Waals surface area contributed by atoms with Gasteiger partial charge >= 0.3 is 5.97 Å². The van der Waals surface area contributed by atoms with Crippen molar-refractivity contribution in [1.82, 2.24) is 14.6 Å². The van der Waals surface area contributed by atoms with Crippen LogP contribution < -0.4 is 10.6 Å². The van der Waals surface area contributed by atoms with Crippen molar-refractivity contribution in [2.24, 2.45) is 0 Å². The summed E-state index contributed by atoms with van der Waals surface area (Å²) in [7, 11) is 0. The molecule has 0 saturated heterocycles. The van der Waals surface area contributed by atoms with E-state index in [1.165, 1.54) is 16.9 Å². The number of aliphatic hydroxyl groups is 1. The summed E-state index contributed by atoms with van der Waals surface area (Å²) in [4.78, 5) is 27.2. The predicted molar refractivity (Wildman–Crippen MR) is 87.5 cm³/mol. The molecule has 2 N–H and O–H groups in total. The summed E-state index contributed by atoms with van der Waals surface area (Å²) in [5, 5.41) is 31.9. The molecule has 124 valence electrons. The van der Waals surface area contributed by atoms with E-state index in [1.54, 1.807) is 24.3 Å². The SMILES string of the molecule is N#Cc1cccc(-c2cc(=O)c(=C(O)CCC(=O)O)c3ncnn23)c1. The Morgan fingerprint density at radius 1 is 1.24 bits per heavy atom. The van der Waals surface area contributed by atoms with Gasteiger partial charge in [-0.1, -0.05) is 12.1 Å². The number of carboxylic acids is 1. The molecule has 3 aromatic rings. The molecule has 0 unspecified atom stereocenters. The van der Waals surface area contributed by atoms with Gasteiger partial charge in [-0.05, 0) is 12.1 Å². The molecule has 2 aromatic heterocycles. The van der Waals surface area contributed by atoms with Crippen molar-refractivity contribution in [2.75, 3.05) is 0 Å². The van der Waals surface area contributed by atoms with Gasteiger partial charge in [-0.3, -0.25) is 9.59 Å². The second-order valence-electron chi connectivity index (χ2n) is 5.30. The molecule has 1 aromatic carbocycles. The molecule has 0 aliphatic carbocycles. The molecule has 0 aliphatic heterocycles. The quantitative estimate of drug-likeness (QED) is 0.723. The van der Waals surface area contributed by atoms with E-state index in [1.807, 2.05) is 6.07 Å². The molecule has 0 radical (unpaired) electrons. The van der Waals surface area contributed by atoms with Crippen molar-refractivity contribution < 1.29 is 15.0 Å². The fraction of sp³-hybridized carbons (Fsp3) is 0.118. The van der Waals surface area contributed by atoms with Crippen molar-refractivity contribution in [2.45, 2.75) is 12.8 Å². The number of benzene rings is 1. The number of hydrogen-bond acceptors (Lipinski definition) is 6. The lowest BCUT2D eigenvalue weighted by Crippen LogP contribution is -2.30. The van der Waals surface area contributed by atoms with Crippen molar-refractivity contribution in [1.29, 1.82) is 5.26 Å². The number of aliphatic carboxylic acids is 1. The van der Waals surface area contributed by atoms with Gasteiger partial charge in [0.1, 0.15) is 17.3 Å². The zero-order valence-electron chi connectivity index (χ0n) is 12.9. The van der Waals surface area contributed by atoms with E-state index in [-0.39, 0.29) is 29.5 Å². The maximum atomic E-state index is 12.5. The molecular formula is C17H12N4O4. The Kier molecular flexibility index (Phi) is 4.14. The summed E-state index contributed by atoms with van der Waals surface area (Å²) >= 11 is 0. The van der Waals surface area contributed by atoms with E-state index < -0.39 is 11.4 Å². The van der Waals surface area contributed by atoms with Gasteiger partial charge in [0.2, 0.25) is 0 Å². The van der Waals surface area contributed by atoms with E-state index >= 15 is 0 Å². The molecule has 0 spiro atoms. The fourth-order valence-electron chi connectivity index (χ4n) is 2.53. The first-order valence-electron chi connectivity index (χ1n) is 7.32. The average Bonchev–Trinajstić information content (AvgIpc) is 3.08. The summed E-state index contributed by atoms with van der Waals surface area (Å²) in [5.74, 6) is -1.43. The number of nitrogens with zero attached hydrogens (tertiary/aromatic N) is 4. The average molecular weight is 336 g/mol. The largest absolute Gasteiger partial charge is 0.511 e. The Morgan fingerprint density at radius 3 is 2.76 bits per heavy atom. The van der Waals surface area contributed by atoms with E-state index in [9.17, 15) is 14.7 Å². The molecule has 3 rings (SSSR count). The lowest BCUT2D eigenvalue weighted by atomic mass is 10.1. The van der Waals surface area contributed by atoms with Crippen LogP contribution in [0.15, 0.2) is 41.5 Å². The third-order valence-corrected chi connectivity index (χ3v) is 3.67. The number of fused-ring (bicyclic) bond motifs is 1. The Morgan fingerprint density at radius 2 is 2.04 bits per heavy atom. The van der Waals surface area contributed by atoms with Crippen LogP contribution in [-0.4, -0.2) is 30.8 Å². The molecule has 0 saturated carbocycles. The first-order valence-corrected chi connectivity index (χ1v) is 7.32. The standard InChI is InChI=1S/C17H12N4O4/c18-8-10-2-1-3-11(6-10)12-7-14(23)16(13(22)4-5-15(24)25)17-19-9-20-21(12)17/h1-3,6-7,9,22H,4-5H2,(H,24,25). The van der Waals surface area contributed by atoms with Gasteiger partial charge in [-0.15, -0.1) is 0 Å². The number of rotatable bonds is 4. The van der Waals surface area contributed by atoms with E-state index in [0.717, 1.165) is 0 Å². The Bertz CT molecular complexity index is 1130. The monoisotopic (exact) mass is 336 g/mol. The number of carbonyl (C=O) groups is 1. The summed E-state index contributed by atoms with van der Waals surface area (Å²) in [6.07, 6.45) is 0.744. The highest BCUT2D eigenvalue weighted by atomic mass is 16.4. The van der Waals surface area contributed by atoms with E-state index in [0.29, 0.717) is 16.8 Å². The number of hydrogen-bond donors (Lipinski definition) is 2. The minimum atomic E-state index is -1.08. The number of aromatic nitrogens is 3. The molecule has 0 fully saturated rings. The van der Waals surface area contributed by atoms with Crippen LogP contribution in [0.1, 0.15) is 18.4 Å². The highest BCUT2D eigenvalue weighted by molar-refractivity contribution is 5.69. The van der Waals surface area contributed by atoms with Crippen molar-refractivity contribution in [3.8, 4) is 17.3 Å². The normalized spacial score (nSPS) is 12.0. The van der Waals surface area contributed by atoms with E-state index in [4.69, 9.17) is 10.4 Å². The first kappa shape index (κ1) is 16.1. The van der Waals surface area contributed by atoms with Crippen molar-refractivity contribution in [3.63, 3.8) is 0 Å². The van der Waals surface area contributed by atoms with Crippen LogP contribution in [0, 0.1) is 11.3 Å². The van der Waals surface area contributed by atoms with Crippen LogP contribution in [0.4, 0.5) is 0 Å². The molecule has 0 aliphatic rings. The minimum absolute atomic E-state index is 0.0704. The summed E-state index contributed by atoms with van der Waals surface area (Å²) in [6.45, 7) is 0. The van der Waals surface area contributed by atoms with Gasteiger partial charge < -0.3 is 10.2 Å². The maximum Gasteiger partial charge on any atom is 0.303 e. The fourth-order valence-corrected chi connectivity index (χ4v) is 2.53. The number of nitriles is 1. The lowest BCUT2D eigenvalue weighted by Gasteiger charge is -2.06. The third-order valence-electron chi connectivity index (χ3n) is 3.67. The van der Waals surface area contributed by atoms with Crippen molar-refractivity contribution in [3.05, 3.63) is 57.7 Å². The molecule has 25 heavy (non-hydrogen) atoms. The smallest absolute Gasteiger partial charge is 0.303 e. The first-order chi connectivity index (χ1) is 12.0. The maximum absolute atomic E-state index is 12.5. The highest BCUT2D eigenvalue weighted by Gasteiger charge is 2.14. The molecule has 2 heterocycles. The lowest BCUT2D eigenvalue weighted by molar-refractivity contribution is -0.136. The second kappa shape index (κ2) is 6.41. The Hall–Kier alpha value is -3.73. The molecule has 0 atom stereocenters. The van der Waals surface area contributed by atoms with Gasteiger partial charge in [0.05, 0.1) is 23.7 Å². The summed E-state index contributed by atoms with van der Waals surface area (Å²) in [5.41, 5.74) is 1.08. The van der Waals surface area contributed by atoms with Crippen LogP contribution in [-0.2, 0) is 4.79 Å². The van der Waals surface area contributed by atoms with Crippen molar-refractivity contribution >= 4 is 17.4 Å². The highest BCUT2D eigenvalue weighted by Crippen LogP contribution is 2.18. The zero-order valence-corrected chi connectivity index (χ0v) is 12.9. The summed E-state index contributed by atoms with van der Waals surface area (Å²) < 4.78 is 1.38. The van der Waals surface area contributed by atoms with E-state index in [2.05, 4.69) is 10.1 Å². The van der Waals surface area contributed by atoms with Gasteiger partial charge in [-0.2, -0.15) is 10.4 Å². The molecule has 0 amide bonds. The number of carboxylic acid groups (broad SMARTS) is 1. The number of pyridine rings is 1. The van der Waals surface area contributed by atoms with Crippen LogP contribution in [0.3, 0.4) is 0 Å². The third kappa shape index (κ3) is 3.03. The summed E-state index contributed by atoms with van der Waals surface area (Å²) in [6, 6.07) is 9.98. The molecule has 0 bridgehead atoms.